The first kappa shape index (κ1) is 18.1. The number of benzene rings is 1. The lowest BCUT2D eigenvalue weighted by Crippen LogP contribution is -2.51. The highest BCUT2D eigenvalue weighted by atomic mass is 32.2. The normalized spacial score (nSPS) is 18.6. The number of halogens is 3. The van der Waals surface area contributed by atoms with Crippen molar-refractivity contribution in [1.29, 1.82) is 0 Å². The van der Waals surface area contributed by atoms with Gasteiger partial charge in [-0.25, -0.2) is 0 Å². The molecule has 23 heavy (non-hydrogen) atoms. The second kappa shape index (κ2) is 7.57. The Balaban J connectivity index is 1.94. The van der Waals surface area contributed by atoms with Crippen LogP contribution in [0.5, 0.6) is 0 Å². The van der Waals surface area contributed by atoms with Gasteiger partial charge in [0.1, 0.15) is 0 Å². The van der Waals surface area contributed by atoms with Crippen molar-refractivity contribution in [3.63, 3.8) is 0 Å². The van der Waals surface area contributed by atoms with Crippen molar-refractivity contribution < 1.29 is 23.1 Å². The topological polar surface area (TPSA) is 49.3 Å². The minimum Gasteiger partial charge on any atom is -0.375 e. The molecule has 0 radical (unpaired) electrons. The second-order valence-electron chi connectivity index (χ2n) is 5.72. The van der Waals surface area contributed by atoms with Crippen LogP contribution in [0, 0.1) is 0 Å². The molecule has 1 aromatic rings. The van der Waals surface area contributed by atoms with Crippen LogP contribution < -0.4 is 5.32 Å². The molecule has 7 heteroatoms. The summed E-state index contributed by atoms with van der Waals surface area (Å²) < 4.78 is 39.8. The molecule has 1 aliphatic rings. The minimum absolute atomic E-state index is 0.118. The molecule has 2 rings (SSSR count). The van der Waals surface area contributed by atoms with Gasteiger partial charge in [0.25, 0.3) is 0 Å². The van der Waals surface area contributed by atoms with Crippen molar-refractivity contribution in [1.82, 2.24) is 5.32 Å². The van der Waals surface area contributed by atoms with E-state index in [0.717, 1.165) is 25.7 Å². The third-order valence-corrected chi connectivity index (χ3v) is 5.39. The fourth-order valence-electron chi connectivity index (χ4n) is 2.61. The van der Waals surface area contributed by atoms with Crippen LogP contribution in [-0.4, -0.2) is 34.7 Å². The number of aliphatic hydroxyl groups is 1. The Labute approximate surface area is 137 Å². The first-order chi connectivity index (χ1) is 10.8. The van der Waals surface area contributed by atoms with Gasteiger partial charge in [-0.1, -0.05) is 43.2 Å². The van der Waals surface area contributed by atoms with Gasteiger partial charge >= 0.3 is 6.18 Å². The Morgan fingerprint density at radius 2 is 1.83 bits per heavy atom. The molecular weight excluding hydrogens is 327 g/mol. The smallest absolute Gasteiger partial charge is 0.375 e. The molecule has 0 saturated heterocycles. The molecular formula is C16H20F3NO2S. The highest BCUT2D eigenvalue weighted by molar-refractivity contribution is 8.00. The Morgan fingerprint density at radius 3 is 2.39 bits per heavy atom. The maximum atomic E-state index is 13.3. The van der Waals surface area contributed by atoms with E-state index in [4.69, 9.17) is 0 Å². The lowest BCUT2D eigenvalue weighted by Gasteiger charge is -2.31. The number of hydrogen-bond acceptors (Lipinski definition) is 3. The van der Waals surface area contributed by atoms with Crippen molar-refractivity contribution in [2.45, 2.75) is 42.7 Å². The van der Waals surface area contributed by atoms with Crippen molar-refractivity contribution in [2.24, 2.45) is 0 Å². The van der Waals surface area contributed by atoms with Crippen LogP contribution in [0.15, 0.2) is 30.3 Å². The molecule has 0 unspecified atom stereocenters. The zero-order valence-corrected chi connectivity index (χ0v) is 13.4. The van der Waals surface area contributed by atoms with Gasteiger partial charge < -0.3 is 10.4 Å². The van der Waals surface area contributed by atoms with Crippen molar-refractivity contribution in [3.8, 4) is 0 Å². The SMILES string of the molecule is O=C(CSC1CCCC1)NC[C@](O)(c1ccccc1)C(F)(F)F. The highest BCUT2D eigenvalue weighted by Gasteiger charge is 2.55. The van der Waals surface area contributed by atoms with Crippen molar-refractivity contribution in [2.75, 3.05) is 12.3 Å². The van der Waals surface area contributed by atoms with Crippen LogP contribution in [0.25, 0.3) is 0 Å². The Kier molecular flexibility index (Phi) is 5.97. The van der Waals surface area contributed by atoms with Gasteiger partial charge in [-0.2, -0.15) is 13.2 Å². The number of rotatable bonds is 6. The van der Waals surface area contributed by atoms with Gasteiger partial charge in [-0.05, 0) is 18.4 Å². The largest absolute Gasteiger partial charge is 0.423 e. The summed E-state index contributed by atoms with van der Waals surface area (Å²) in [5.41, 5.74) is -3.36. The second-order valence-corrected chi connectivity index (χ2v) is 7.01. The van der Waals surface area contributed by atoms with Gasteiger partial charge in [0.2, 0.25) is 11.5 Å². The third kappa shape index (κ3) is 4.64. The number of carbonyl (C=O) groups excluding carboxylic acids is 1. The molecule has 1 amide bonds. The molecule has 128 valence electrons. The summed E-state index contributed by atoms with van der Waals surface area (Å²) in [5.74, 6) is -0.367. The highest BCUT2D eigenvalue weighted by Crippen LogP contribution is 2.38. The van der Waals surface area contributed by atoms with Crippen molar-refractivity contribution >= 4 is 17.7 Å². The van der Waals surface area contributed by atoms with E-state index < -0.39 is 24.2 Å². The molecule has 0 aliphatic heterocycles. The quantitative estimate of drug-likeness (QED) is 0.831. The average Bonchev–Trinajstić information content (AvgIpc) is 3.03. The van der Waals surface area contributed by atoms with Gasteiger partial charge in [0.15, 0.2) is 0 Å². The van der Waals surface area contributed by atoms with E-state index in [1.165, 1.54) is 36.0 Å². The van der Waals surface area contributed by atoms with Crippen LogP contribution in [0.1, 0.15) is 31.2 Å². The Morgan fingerprint density at radius 1 is 1.22 bits per heavy atom. The number of hydrogen-bond donors (Lipinski definition) is 2. The van der Waals surface area contributed by atoms with Gasteiger partial charge in [0.05, 0.1) is 12.3 Å². The van der Waals surface area contributed by atoms with Gasteiger partial charge in [-0.15, -0.1) is 11.8 Å². The van der Waals surface area contributed by atoms with Crippen molar-refractivity contribution in [3.05, 3.63) is 35.9 Å². The first-order valence-electron chi connectivity index (χ1n) is 7.56. The van der Waals surface area contributed by atoms with Crippen LogP contribution >= 0.6 is 11.8 Å². The lowest BCUT2D eigenvalue weighted by atomic mass is 9.93. The summed E-state index contributed by atoms with van der Waals surface area (Å²) in [6, 6.07) is 6.81. The van der Waals surface area contributed by atoms with Crippen LogP contribution in [-0.2, 0) is 10.4 Å². The molecule has 1 aromatic carbocycles. The zero-order chi connectivity index (χ0) is 16.9. The van der Waals surface area contributed by atoms with Gasteiger partial charge in [0, 0.05) is 5.25 Å². The fraction of sp³-hybridized carbons (Fsp3) is 0.562. The molecule has 0 bridgehead atoms. The zero-order valence-electron chi connectivity index (χ0n) is 12.6. The molecule has 0 spiro atoms. The predicted molar refractivity (Wildman–Crippen MR) is 84.1 cm³/mol. The number of carbonyl (C=O) groups is 1. The Hall–Kier alpha value is -1.21. The monoisotopic (exact) mass is 347 g/mol. The average molecular weight is 347 g/mol. The molecule has 0 heterocycles. The lowest BCUT2D eigenvalue weighted by molar-refractivity contribution is -0.264. The summed E-state index contributed by atoms with van der Waals surface area (Å²) in [7, 11) is 0. The molecule has 1 saturated carbocycles. The molecule has 1 fully saturated rings. The molecule has 2 N–H and O–H groups in total. The first-order valence-corrected chi connectivity index (χ1v) is 8.61. The molecule has 3 nitrogen and oxygen atoms in total. The van der Waals surface area contributed by atoms with Crippen LogP contribution in [0.4, 0.5) is 13.2 Å². The maximum Gasteiger partial charge on any atom is 0.423 e. The number of thioether (sulfide) groups is 1. The van der Waals surface area contributed by atoms with Gasteiger partial charge in [-0.3, -0.25) is 4.79 Å². The standard InChI is InChI=1S/C16H20F3NO2S/c17-16(18,19)15(22,12-6-2-1-3-7-12)11-20-14(21)10-23-13-8-4-5-9-13/h1-3,6-7,13,22H,4-5,8-11H2,(H,20,21)/t15-/m0/s1. The predicted octanol–water partition coefficient (Wildman–Crippen LogP) is 3.23. The molecule has 1 atom stereocenters. The van der Waals surface area contributed by atoms with Crippen LogP contribution in [0.2, 0.25) is 0 Å². The van der Waals surface area contributed by atoms with E-state index in [9.17, 15) is 23.1 Å². The number of nitrogens with one attached hydrogen (secondary N) is 1. The fourth-order valence-corrected chi connectivity index (χ4v) is 3.76. The Bertz CT molecular complexity index is 518. The van der Waals surface area contributed by atoms with E-state index in [0.29, 0.717) is 5.25 Å². The van der Waals surface area contributed by atoms with E-state index in [-0.39, 0.29) is 11.3 Å². The maximum absolute atomic E-state index is 13.3. The summed E-state index contributed by atoms with van der Waals surface area (Å²) >= 11 is 1.47. The minimum atomic E-state index is -4.87. The van der Waals surface area contributed by atoms with E-state index in [1.54, 1.807) is 6.07 Å². The summed E-state index contributed by atoms with van der Waals surface area (Å²) in [4.78, 5) is 11.8. The summed E-state index contributed by atoms with van der Waals surface area (Å²) in [6.45, 7) is -0.884. The summed E-state index contributed by atoms with van der Waals surface area (Å²) in [6.07, 6.45) is -0.495. The summed E-state index contributed by atoms with van der Waals surface area (Å²) in [5, 5.41) is 12.7. The molecule has 0 aromatic heterocycles. The number of alkyl halides is 3. The van der Waals surface area contributed by atoms with E-state index in [1.807, 2.05) is 0 Å². The number of amides is 1. The third-order valence-electron chi connectivity index (χ3n) is 4.01. The van der Waals surface area contributed by atoms with Crippen LogP contribution in [0.3, 0.4) is 0 Å². The van der Waals surface area contributed by atoms with E-state index in [2.05, 4.69) is 5.32 Å². The molecule has 1 aliphatic carbocycles. The van der Waals surface area contributed by atoms with E-state index >= 15 is 0 Å².